The normalized spacial score (nSPS) is 15.1. The number of aliphatic carboxylic acids is 1. The molecule has 0 aromatic heterocycles. The van der Waals surface area contributed by atoms with Crippen LogP contribution in [0.25, 0.3) is 0 Å². The van der Waals surface area contributed by atoms with Gasteiger partial charge in [-0.1, -0.05) is 66.7 Å². The molecule has 0 aliphatic carbocycles. The number of carboxylic acid groups (broad SMARTS) is 1. The van der Waals surface area contributed by atoms with E-state index in [1.54, 1.807) is 44.4 Å². The number of carbonyl (C=O) groups excluding carboxylic acids is 3. The molecule has 230 valence electrons. The molecule has 0 heterocycles. The minimum Gasteiger partial charge on any atom is -0.478 e. The van der Waals surface area contributed by atoms with Crippen LogP contribution in [-0.2, 0) is 24.5 Å². The molecule has 9 heteroatoms. The molecule has 0 saturated heterocycles. The van der Waals surface area contributed by atoms with Gasteiger partial charge in [0.2, 0.25) is 11.8 Å². The number of carbonyl (C=O) groups is 4. The Balaban J connectivity index is 3.31. The van der Waals surface area contributed by atoms with E-state index in [0.29, 0.717) is 5.56 Å². The van der Waals surface area contributed by atoms with Gasteiger partial charge in [-0.15, -0.1) is 0 Å². The van der Waals surface area contributed by atoms with Gasteiger partial charge in [-0.05, 0) is 63.8 Å². The van der Waals surface area contributed by atoms with Crippen LogP contribution in [0.4, 0.5) is 0 Å². The zero-order valence-electron chi connectivity index (χ0n) is 27.1. The molecule has 1 aromatic carbocycles. The van der Waals surface area contributed by atoms with E-state index in [-0.39, 0.29) is 23.3 Å². The molecule has 0 saturated carbocycles. The van der Waals surface area contributed by atoms with Crippen molar-refractivity contribution in [2.24, 2.45) is 11.3 Å². The minimum absolute atomic E-state index is 0.0535. The molecule has 0 fully saturated rings. The monoisotopic (exact) mass is 573 g/mol. The van der Waals surface area contributed by atoms with Crippen LogP contribution in [0.2, 0.25) is 0 Å². The second-order valence-corrected chi connectivity index (χ2v) is 13.7. The number of ether oxygens (including phenoxy) is 1. The highest BCUT2D eigenvalue weighted by Crippen LogP contribution is 2.30. The molecule has 3 atom stereocenters. The fourth-order valence-electron chi connectivity index (χ4n) is 4.66. The van der Waals surface area contributed by atoms with Crippen molar-refractivity contribution in [2.45, 2.75) is 105 Å². The van der Waals surface area contributed by atoms with Crippen molar-refractivity contribution in [1.29, 1.82) is 0 Å². The van der Waals surface area contributed by atoms with Crippen LogP contribution in [0.1, 0.15) is 92.1 Å². The van der Waals surface area contributed by atoms with Crippen molar-refractivity contribution in [3.05, 3.63) is 47.0 Å². The number of rotatable bonds is 11. The minimum atomic E-state index is -1.05. The predicted octanol–water partition coefficient (Wildman–Crippen LogP) is 4.55. The lowest BCUT2D eigenvalue weighted by Gasteiger charge is -2.40. The third-order valence-electron chi connectivity index (χ3n) is 7.17. The molecule has 0 aliphatic rings. The molecule has 0 unspecified atom stereocenters. The molecule has 2 amide bonds. The number of likely N-dealkylation sites (N-methyl/N-ethyl adjacent to an activating group) is 2. The first kappa shape index (κ1) is 35.8. The van der Waals surface area contributed by atoms with Gasteiger partial charge in [-0.3, -0.25) is 9.59 Å². The Kier molecular flexibility index (Phi) is 11.9. The highest BCUT2D eigenvalue weighted by atomic mass is 16.6. The molecule has 3 N–H and O–H groups in total. The topological polar surface area (TPSA) is 125 Å². The number of hydrogen-bond acceptors (Lipinski definition) is 6. The summed E-state index contributed by atoms with van der Waals surface area (Å²) in [6.45, 7) is 20.2. The van der Waals surface area contributed by atoms with Gasteiger partial charge in [0.15, 0.2) is 0 Å². The summed E-state index contributed by atoms with van der Waals surface area (Å²) in [4.78, 5) is 53.0. The van der Waals surface area contributed by atoms with Crippen LogP contribution in [0, 0.1) is 11.3 Å². The zero-order valence-corrected chi connectivity index (χ0v) is 27.1. The second kappa shape index (κ2) is 13.6. The first-order valence-corrected chi connectivity index (χ1v) is 14.0. The number of benzene rings is 1. The summed E-state index contributed by atoms with van der Waals surface area (Å²) in [5.41, 5.74) is -0.576. The van der Waals surface area contributed by atoms with Crippen molar-refractivity contribution in [3.63, 3.8) is 0 Å². The van der Waals surface area contributed by atoms with Crippen molar-refractivity contribution in [1.82, 2.24) is 15.5 Å². The average molecular weight is 574 g/mol. The molecular formula is C32H51N3O6. The van der Waals surface area contributed by atoms with E-state index in [0.717, 1.165) is 5.56 Å². The Morgan fingerprint density at radius 3 is 1.83 bits per heavy atom. The molecule has 0 bridgehead atoms. The van der Waals surface area contributed by atoms with E-state index in [9.17, 15) is 24.3 Å². The number of amides is 2. The van der Waals surface area contributed by atoms with E-state index in [2.05, 4.69) is 10.6 Å². The number of nitrogens with one attached hydrogen (secondary N) is 2. The third kappa shape index (κ3) is 9.69. The SMILES string of the molecule is CN[C@H](C(=O)N[C@H](C(=O)N(C)[C@H](/C=C(\C)C(=O)O)C(C)C)C(C)(C)C)C(C)(C)c1ccc(C(=O)OC(C)(C)C)cc1. The maximum atomic E-state index is 13.8. The van der Waals surface area contributed by atoms with Crippen LogP contribution in [0.15, 0.2) is 35.9 Å². The zero-order chi connectivity index (χ0) is 32.1. The van der Waals surface area contributed by atoms with Crippen molar-refractivity contribution >= 4 is 23.8 Å². The Morgan fingerprint density at radius 2 is 1.44 bits per heavy atom. The fraction of sp³-hybridized carbons (Fsp3) is 0.625. The summed E-state index contributed by atoms with van der Waals surface area (Å²) in [5, 5.41) is 15.5. The first-order chi connectivity index (χ1) is 18.5. The second-order valence-electron chi connectivity index (χ2n) is 13.7. The Morgan fingerprint density at radius 1 is 0.927 bits per heavy atom. The average Bonchev–Trinajstić information content (AvgIpc) is 2.83. The van der Waals surface area contributed by atoms with Crippen LogP contribution >= 0.6 is 0 Å². The number of hydrogen-bond donors (Lipinski definition) is 3. The molecule has 0 aliphatic heterocycles. The molecule has 0 spiro atoms. The van der Waals surface area contributed by atoms with Crippen LogP contribution in [-0.4, -0.2) is 71.6 Å². The smallest absolute Gasteiger partial charge is 0.338 e. The van der Waals surface area contributed by atoms with Crippen molar-refractivity contribution in [2.75, 3.05) is 14.1 Å². The lowest BCUT2D eigenvalue weighted by molar-refractivity contribution is -0.141. The predicted molar refractivity (Wildman–Crippen MR) is 162 cm³/mol. The van der Waals surface area contributed by atoms with Gasteiger partial charge >= 0.3 is 11.9 Å². The van der Waals surface area contributed by atoms with Gasteiger partial charge in [0.25, 0.3) is 0 Å². The summed E-state index contributed by atoms with van der Waals surface area (Å²) in [6.07, 6.45) is 1.58. The van der Waals surface area contributed by atoms with Gasteiger partial charge < -0.3 is 25.4 Å². The molecule has 9 nitrogen and oxygen atoms in total. The van der Waals surface area contributed by atoms with Crippen molar-refractivity contribution in [3.8, 4) is 0 Å². The van der Waals surface area contributed by atoms with Crippen molar-refractivity contribution < 1.29 is 29.0 Å². The maximum absolute atomic E-state index is 13.8. The highest BCUT2D eigenvalue weighted by Gasteiger charge is 2.41. The lowest BCUT2D eigenvalue weighted by Crippen LogP contribution is -2.61. The van der Waals surface area contributed by atoms with Gasteiger partial charge in [0.05, 0.1) is 17.6 Å². The van der Waals surface area contributed by atoms with Gasteiger partial charge in [-0.2, -0.15) is 0 Å². The lowest BCUT2D eigenvalue weighted by atomic mass is 9.76. The molecule has 41 heavy (non-hydrogen) atoms. The standard InChI is InChI=1S/C32H51N3O6/c1-19(2)23(18-20(3)28(38)39)35(13)27(37)25(30(4,5)6)34-26(36)24(33-12)32(10,11)22-16-14-21(15-17-22)29(40)41-31(7,8)9/h14-19,23-25,33H,1-13H3,(H,34,36)(H,38,39)/b20-18+/t23-,24-,25-/m1/s1. The van der Waals surface area contributed by atoms with Gasteiger partial charge in [-0.25, -0.2) is 9.59 Å². The summed E-state index contributed by atoms with van der Waals surface area (Å²) >= 11 is 0. The van der Waals surface area contributed by atoms with Gasteiger partial charge in [0, 0.05) is 18.0 Å². The van der Waals surface area contributed by atoms with Crippen LogP contribution in [0.5, 0.6) is 0 Å². The Hall–Kier alpha value is -3.20. The molecule has 0 radical (unpaired) electrons. The Bertz CT molecular complexity index is 1120. The quantitative estimate of drug-likeness (QED) is 0.262. The number of carboxylic acids is 1. The van der Waals surface area contributed by atoms with E-state index in [4.69, 9.17) is 4.74 Å². The largest absolute Gasteiger partial charge is 0.478 e. The Labute approximate surface area is 246 Å². The first-order valence-electron chi connectivity index (χ1n) is 14.0. The van der Waals surface area contributed by atoms with E-state index >= 15 is 0 Å². The van der Waals surface area contributed by atoms with E-state index in [1.165, 1.54) is 11.8 Å². The van der Waals surface area contributed by atoms with Crippen LogP contribution < -0.4 is 10.6 Å². The summed E-state index contributed by atoms with van der Waals surface area (Å²) < 4.78 is 5.45. The number of nitrogens with zero attached hydrogens (tertiary/aromatic N) is 1. The maximum Gasteiger partial charge on any atom is 0.338 e. The van der Waals surface area contributed by atoms with Crippen LogP contribution in [0.3, 0.4) is 0 Å². The third-order valence-corrected chi connectivity index (χ3v) is 7.17. The summed E-state index contributed by atoms with van der Waals surface area (Å²) in [7, 11) is 3.32. The van der Waals surface area contributed by atoms with Gasteiger partial charge in [0.1, 0.15) is 11.6 Å². The number of esters is 1. The highest BCUT2D eigenvalue weighted by molar-refractivity contribution is 5.92. The molecule has 1 rings (SSSR count). The molecule has 1 aromatic rings. The van der Waals surface area contributed by atoms with E-state index in [1.807, 2.05) is 69.2 Å². The summed E-state index contributed by atoms with van der Waals surface area (Å²) in [6, 6.07) is 4.92. The summed E-state index contributed by atoms with van der Waals surface area (Å²) in [5.74, 6) is -2.19. The van der Waals surface area contributed by atoms with E-state index < -0.39 is 46.5 Å². The molecular weight excluding hydrogens is 522 g/mol. The fourth-order valence-corrected chi connectivity index (χ4v) is 4.66.